The number of aromatic nitrogens is 2. The van der Waals surface area contributed by atoms with Crippen LogP contribution in [-0.4, -0.2) is 16.0 Å². The zero-order chi connectivity index (χ0) is 15.0. The zero-order valence-corrected chi connectivity index (χ0v) is 11.8. The van der Waals surface area contributed by atoms with E-state index in [0.717, 1.165) is 19.3 Å². The smallest absolute Gasteiger partial charge is 0.330 e. The highest BCUT2D eigenvalue weighted by Crippen LogP contribution is 2.11. The van der Waals surface area contributed by atoms with Gasteiger partial charge in [-0.3, -0.25) is 19.1 Å². The Balaban J connectivity index is 2.70. The van der Waals surface area contributed by atoms with Crippen molar-refractivity contribution < 1.29 is 4.79 Å². The summed E-state index contributed by atoms with van der Waals surface area (Å²) < 4.78 is 1.28. The topological polar surface area (TPSA) is 110 Å². The van der Waals surface area contributed by atoms with Gasteiger partial charge >= 0.3 is 5.69 Å². The van der Waals surface area contributed by atoms with E-state index in [1.807, 2.05) is 0 Å². The Hall–Kier alpha value is -2.05. The highest BCUT2D eigenvalue weighted by molar-refractivity contribution is 5.77. The van der Waals surface area contributed by atoms with Crippen molar-refractivity contribution in [2.75, 3.05) is 11.1 Å². The summed E-state index contributed by atoms with van der Waals surface area (Å²) in [6, 6.07) is 0. The Morgan fingerprint density at radius 3 is 2.50 bits per heavy atom. The Bertz CT molecular complexity index is 548. The monoisotopic (exact) mass is 282 g/mol. The van der Waals surface area contributed by atoms with Gasteiger partial charge in [0.2, 0.25) is 6.41 Å². The Labute approximate surface area is 117 Å². The van der Waals surface area contributed by atoms with Crippen molar-refractivity contribution in [2.45, 2.75) is 52.0 Å². The van der Waals surface area contributed by atoms with Crippen molar-refractivity contribution in [3.8, 4) is 0 Å². The fourth-order valence-electron chi connectivity index (χ4n) is 2.06. The normalized spacial score (nSPS) is 10.4. The molecule has 0 saturated heterocycles. The predicted molar refractivity (Wildman–Crippen MR) is 78.8 cm³/mol. The number of unbranched alkanes of at least 4 members (excludes halogenated alkanes) is 5. The second-order valence-corrected chi connectivity index (χ2v) is 4.70. The van der Waals surface area contributed by atoms with Crippen LogP contribution >= 0.6 is 0 Å². The number of amides is 1. The lowest BCUT2D eigenvalue weighted by Crippen LogP contribution is -2.34. The number of anilines is 2. The number of H-pyrrole nitrogens is 1. The van der Waals surface area contributed by atoms with Crippen LogP contribution in [0.15, 0.2) is 9.59 Å². The molecule has 1 aromatic rings. The van der Waals surface area contributed by atoms with E-state index in [4.69, 9.17) is 5.73 Å². The van der Waals surface area contributed by atoms with Gasteiger partial charge in [0.25, 0.3) is 5.56 Å². The Morgan fingerprint density at radius 2 is 1.85 bits per heavy atom. The summed E-state index contributed by atoms with van der Waals surface area (Å²) in [6.07, 6.45) is 6.87. The van der Waals surface area contributed by atoms with E-state index in [9.17, 15) is 14.4 Å². The van der Waals surface area contributed by atoms with Crippen molar-refractivity contribution in [2.24, 2.45) is 0 Å². The molecule has 0 unspecified atom stereocenters. The van der Waals surface area contributed by atoms with Crippen LogP contribution in [0.25, 0.3) is 0 Å². The molecule has 0 spiro atoms. The third kappa shape index (κ3) is 4.25. The van der Waals surface area contributed by atoms with Crippen molar-refractivity contribution in [3.63, 3.8) is 0 Å². The first kappa shape index (κ1) is 16.0. The van der Waals surface area contributed by atoms with Gasteiger partial charge in [0.1, 0.15) is 11.5 Å². The molecule has 7 nitrogen and oxygen atoms in total. The molecule has 0 aliphatic heterocycles. The molecule has 7 heteroatoms. The molecule has 0 aromatic carbocycles. The van der Waals surface area contributed by atoms with E-state index in [1.54, 1.807) is 0 Å². The molecule has 112 valence electrons. The molecular formula is C13H22N4O3. The van der Waals surface area contributed by atoms with Gasteiger partial charge in [0, 0.05) is 6.54 Å². The number of hydrogen-bond donors (Lipinski definition) is 3. The summed E-state index contributed by atoms with van der Waals surface area (Å²) in [7, 11) is 0. The molecular weight excluding hydrogens is 260 g/mol. The number of nitrogens with one attached hydrogen (secondary N) is 2. The second kappa shape index (κ2) is 8.19. The number of carbonyl (C=O) groups excluding carboxylic acids is 1. The summed E-state index contributed by atoms with van der Waals surface area (Å²) in [5.41, 5.74) is 4.45. The number of hydrogen-bond acceptors (Lipinski definition) is 4. The molecule has 1 rings (SSSR count). The van der Waals surface area contributed by atoms with E-state index in [0.29, 0.717) is 13.0 Å². The van der Waals surface area contributed by atoms with Crippen LogP contribution in [0, 0.1) is 0 Å². The molecule has 0 aliphatic carbocycles. The summed E-state index contributed by atoms with van der Waals surface area (Å²) in [5.74, 6) is -0.000548. The lowest BCUT2D eigenvalue weighted by molar-refractivity contribution is -0.105. The molecule has 4 N–H and O–H groups in total. The van der Waals surface area contributed by atoms with Gasteiger partial charge in [-0.2, -0.15) is 0 Å². The average Bonchev–Trinajstić information content (AvgIpc) is 2.41. The van der Waals surface area contributed by atoms with E-state index in [1.165, 1.54) is 23.8 Å². The van der Waals surface area contributed by atoms with E-state index in [2.05, 4.69) is 17.2 Å². The van der Waals surface area contributed by atoms with Crippen LogP contribution in [-0.2, 0) is 11.3 Å². The van der Waals surface area contributed by atoms with Crippen molar-refractivity contribution in [3.05, 3.63) is 20.8 Å². The maximum absolute atomic E-state index is 11.7. The molecule has 1 heterocycles. The minimum Gasteiger partial charge on any atom is -0.383 e. The molecule has 0 fully saturated rings. The lowest BCUT2D eigenvalue weighted by Gasteiger charge is -2.11. The van der Waals surface area contributed by atoms with E-state index in [-0.39, 0.29) is 11.5 Å². The summed E-state index contributed by atoms with van der Waals surface area (Å²) >= 11 is 0. The number of carbonyl (C=O) groups is 1. The van der Waals surface area contributed by atoms with Crippen molar-refractivity contribution >= 4 is 17.9 Å². The summed E-state index contributed by atoms with van der Waals surface area (Å²) in [4.78, 5) is 35.7. The number of nitrogens with two attached hydrogens (primary N) is 1. The maximum Gasteiger partial charge on any atom is 0.330 e. The molecule has 0 radical (unpaired) electrons. The molecule has 0 saturated carbocycles. The van der Waals surface area contributed by atoms with Gasteiger partial charge in [0.15, 0.2) is 0 Å². The fraction of sp³-hybridized carbons (Fsp3) is 0.615. The number of nitrogen functional groups attached to an aromatic ring is 1. The van der Waals surface area contributed by atoms with Gasteiger partial charge in [-0.15, -0.1) is 0 Å². The Kier molecular flexibility index (Phi) is 6.55. The van der Waals surface area contributed by atoms with Crippen LogP contribution in [0.4, 0.5) is 11.5 Å². The van der Waals surface area contributed by atoms with Gasteiger partial charge < -0.3 is 11.1 Å². The van der Waals surface area contributed by atoms with Crippen LogP contribution in [0.5, 0.6) is 0 Å². The standard InChI is InChI=1S/C13H22N4O3/c1-2-3-4-5-6-7-8-17-11(14)10(15-9-18)12(19)16-13(17)20/h9H,2-8,14H2,1H3,(H,15,18)(H,16,19,20). The minimum absolute atomic E-state index is 0.000548. The number of rotatable bonds is 9. The number of aromatic amines is 1. The van der Waals surface area contributed by atoms with Gasteiger partial charge in [0.05, 0.1) is 0 Å². The minimum atomic E-state index is -0.682. The van der Waals surface area contributed by atoms with Gasteiger partial charge in [-0.05, 0) is 6.42 Å². The van der Waals surface area contributed by atoms with Gasteiger partial charge in [-0.25, -0.2) is 4.79 Å². The SMILES string of the molecule is CCCCCCCCn1c(N)c(NC=O)c(=O)[nH]c1=O. The Morgan fingerprint density at radius 1 is 1.20 bits per heavy atom. The van der Waals surface area contributed by atoms with E-state index < -0.39 is 11.2 Å². The highest BCUT2D eigenvalue weighted by atomic mass is 16.2. The molecule has 0 aliphatic rings. The van der Waals surface area contributed by atoms with Crippen molar-refractivity contribution in [1.82, 2.24) is 9.55 Å². The lowest BCUT2D eigenvalue weighted by atomic mass is 10.1. The van der Waals surface area contributed by atoms with Crippen LogP contribution in [0.3, 0.4) is 0 Å². The predicted octanol–water partition coefficient (Wildman–Crippen LogP) is 1.05. The van der Waals surface area contributed by atoms with Crippen LogP contribution < -0.4 is 22.3 Å². The molecule has 1 amide bonds. The third-order valence-electron chi connectivity index (χ3n) is 3.18. The summed E-state index contributed by atoms with van der Waals surface area (Å²) in [6.45, 7) is 2.59. The van der Waals surface area contributed by atoms with E-state index >= 15 is 0 Å². The molecule has 0 bridgehead atoms. The second-order valence-electron chi connectivity index (χ2n) is 4.70. The van der Waals surface area contributed by atoms with Crippen LogP contribution in [0.2, 0.25) is 0 Å². The molecule has 1 aromatic heterocycles. The molecule has 0 atom stereocenters. The first-order chi connectivity index (χ1) is 9.61. The maximum atomic E-state index is 11.7. The van der Waals surface area contributed by atoms with Crippen molar-refractivity contribution in [1.29, 1.82) is 0 Å². The third-order valence-corrected chi connectivity index (χ3v) is 3.18. The highest BCUT2D eigenvalue weighted by Gasteiger charge is 2.11. The molecule has 20 heavy (non-hydrogen) atoms. The first-order valence-electron chi connectivity index (χ1n) is 6.94. The average molecular weight is 282 g/mol. The number of nitrogens with zero attached hydrogens (tertiary/aromatic N) is 1. The van der Waals surface area contributed by atoms with Crippen LogP contribution in [0.1, 0.15) is 45.4 Å². The largest absolute Gasteiger partial charge is 0.383 e. The fourth-order valence-corrected chi connectivity index (χ4v) is 2.06. The van der Waals surface area contributed by atoms with Gasteiger partial charge in [-0.1, -0.05) is 39.0 Å². The zero-order valence-electron chi connectivity index (χ0n) is 11.8. The summed E-state index contributed by atoms with van der Waals surface area (Å²) in [5, 5.41) is 2.22. The first-order valence-corrected chi connectivity index (χ1v) is 6.94. The quantitative estimate of drug-likeness (QED) is 0.464.